The van der Waals surface area contributed by atoms with Gasteiger partial charge in [0, 0.05) is 24.4 Å². The Labute approximate surface area is 163 Å². The summed E-state index contributed by atoms with van der Waals surface area (Å²) in [6.45, 7) is 1.93. The first kappa shape index (κ1) is 24.0. The van der Waals surface area contributed by atoms with Gasteiger partial charge in [0.15, 0.2) is 0 Å². The van der Waals surface area contributed by atoms with E-state index in [0.29, 0.717) is 5.69 Å². The number of nitrogens with zero attached hydrogens (tertiary/aromatic N) is 3. The number of nitro groups is 3. The fraction of sp³-hybridized carbons (Fsp3) is 0.143. The molecule has 0 atom stereocenters. The molecule has 13 heteroatoms. The van der Waals surface area contributed by atoms with E-state index in [0.717, 1.165) is 18.2 Å². The molecule has 148 valence electrons. The van der Waals surface area contributed by atoms with Gasteiger partial charge in [-0.3, -0.25) is 30.3 Å². The number of anilines is 1. The van der Waals surface area contributed by atoms with Crippen molar-refractivity contribution in [2.75, 3.05) is 12.3 Å². The molecule has 27 heavy (non-hydrogen) atoms. The van der Waals surface area contributed by atoms with Gasteiger partial charge in [-0.05, 0) is 25.1 Å². The smallest absolute Gasteiger partial charge is 0.294 e. The maximum Gasteiger partial charge on any atom is 0.294 e. The van der Waals surface area contributed by atoms with Crippen molar-refractivity contribution in [2.24, 2.45) is 0 Å². The summed E-state index contributed by atoms with van der Waals surface area (Å²) in [5.41, 5.74) is 4.66. The van der Waals surface area contributed by atoms with Crippen molar-refractivity contribution >= 4 is 46.0 Å². The van der Waals surface area contributed by atoms with Crippen LogP contribution in [0.1, 0.15) is 8.35 Å². The van der Waals surface area contributed by atoms with E-state index in [2.05, 4.69) is 0 Å². The van der Waals surface area contributed by atoms with Gasteiger partial charge in [0.25, 0.3) is 17.1 Å². The number of nitro benzene ring substituents is 3. The predicted octanol–water partition coefficient (Wildman–Crippen LogP) is 4.10. The zero-order valence-corrected chi connectivity index (χ0v) is 15.3. The number of nitrogens with two attached hydrogens (primary N) is 1. The predicted molar refractivity (Wildman–Crippen MR) is 101 cm³/mol. The summed E-state index contributed by atoms with van der Waals surface area (Å²) < 4.78 is 0. The molecular formula is C14H15Cl2N4O7-. The number of hydrogen-bond acceptors (Lipinski definition) is 8. The Balaban J connectivity index is 0. The molecule has 0 amide bonds. The second kappa shape index (κ2) is 11.6. The summed E-state index contributed by atoms with van der Waals surface area (Å²) in [5.74, 6) is 0. The molecule has 11 nitrogen and oxygen atoms in total. The minimum Gasteiger partial charge on any atom is -1.00 e. The van der Waals surface area contributed by atoms with Gasteiger partial charge in [0.05, 0.1) is 20.8 Å². The van der Waals surface area contributed by atoms with Crippen molar-refractivity contribution in [3.05, 3.63) is 76.8 Å². The van der Waals surface area contributed by atoms with E-state index in [4.69, 9.17) is 34.0 Å². The molecule has 0 heterocycles. The second-order valence-electron chi connectivity index (χ2n) is 4.43. The highest BCUT2D eigenvalue weighted by Gasteiger charge is 2.17. The summed E-state index contributed by atoms with van der Waals surface area (Å²) in [5, 5.41) is 38.3. The van der Waals surface area contributed by atoms with Crippen LogP contribution in [-0.4, -0.2) is 26.5 Å². The van der Waals surface area contributed by atoms with Gasteiger partial charge in [-0.15, -0.1) is 0 Å². The minimum absolute atomic E-state index is 0. The number of nitrogen functional groups attached to an aromatic ring is 1. The van der Waals surface area contributed by atoms with Crippen molar-refractivity contribution < 1.29 is 21.3 Å². The quantitative estimate of drug-likeness (QED) is 0.421. The Morgan fingerprint density at radius 3 is 1.70 bits per heavy atom. The van der Waals surface area contributed by atoms with Gasteiger partial charge in [0.1, 0.15) is 10.0 Å². The van der Waals surface area contributed by atoms with Crippen LogP contribution in [-0.2, 0) is 0 Å². The van der Waals surface area contributed by atoms with Crippen LogP contribution in [0.15, 0.2) is 36.4 Å². The van der Waals surface area contributed by atoms with Crippen LogP contribution < -0.4 is 5.73 Å². The van der Waals surface area contributed by atoms with Crippen molar-refractivity contribution in [1.82, 2.24) is 0 Å². The number of hydrogen-bond donors (Lipinski definition) is 2. The van der Waals surface area contributed by atoms with E-state index >= 15 is 0 Å². The Morgan fingerprint density at radius 1 is 0.926 bits per heavy atom. The molecular weight excluding hydrogens is 407 g/mol. The topological polar surface area (TPSA) is 176 Å². The molecule has 0 unspecified atom stereocenters. The zero-order chi connectivity index (χ0) is 21.1. The average molecular weight is 423 g/mol. The number of aliphatic hydroxyl groups is 1. The molecule has 0 saturated heterocycles. The largest absolute Gasteiger partial charge is 1.00 e. The summed E-state index contributed by atoms with van der Waals surface area (Å²) in [4.78, 5) is 28.7. The summed E-state index contributed by atoms with van der Waals surface area (Å²) >= 11 is 10.9. The van der Waals surface area contributed by atoms with E-state index in [1.54, 1.807) is 6.92 Å². The standard InChI is InChI=1S/C6H3ClN2O4.C6H5ClN2O2.C2H6O.H/c7-5-2-1-4(8(10)11)3-6(5)9(12)13;7-5-2-1-4(8)3-6(5)9(10)11;1-2-3;/h1-3H;1-3H,8H2;3H,2H2,1H3;/q;;;-1/i;;;1+1. The van der Waals surface area contributed by atoms with E-state index in [9.17, 15) is 30.3 Å². The Kier molecular flexibility index (Phi) is 10.3. The zero-order valence-electron chi connectivity index (χ0n) is 14.7. The summed E-state index contributed by atoms with van der Waals surface area (Å²) in [6.07, 6.45) is 0. The second-order valence-corrected chi connectivity index (χ2v) is 5.25. The fourth-order valence-electron chi connectivity index (χ4n) is 1.42. The van der Waals surface area contributed by atoms with Crippen molar-refractivity contribution in [3.8, 4) is 0 Å². The van der Waals surface area contributed by atoms with Crippen molar-refractivity contribution in [1.29, 1.82) is 0 Å². The molecule has 3 N–H and O–H groups in total. The summed E-state index contributed by atoms with van der Waals surface area (Å²) in [7, 11) is 0. The van der Waals surface area contributed by atoms with Gasteiger partial charge in [-0.2, -0.15) is 0 Å². The van der Waals surface area contributed by atoms with Crippen LogP contribution in [0, 0.1) is 30.3 Å². The third-order valence-corrected chi connectivity index (χ3v) is 3.14. The molecule has 2 aromatic carbocycles. The van der Waals surface area contributed by atoms with E-state index in [1.807, 2.05) is 0 Å². The van der Waals surface area contributed by atoms with Gasteiger partial charge >= 0.3 is 0 Å². The SMILES string of the molecule is CCO.Nc1ccc(Cl)c([N+](=O)[O-])c1.O=[N+]([O-])c1ccc(Cl)c([N+](=O)[O-])c1.[2H-]. The third-order valence-electron chi connectivity index (χ3n) is 2.50. The summed E-state index contributed by atoms with van der Waals surface area (Å²) in [6, 6.07) is 7.18. The van der Waals surface area contributed by atoms with Crippen molar-refractivity contribution in [3.63, 3.8) is 0 Å². The maximum absolute atomic E-state index is 10.3. The lowest BCUT2D eigenvalue weighted by molar-refractivity contribution is -0.394. The highest BCUT2D eigenvalue weighted by Crippen LogP contribution is 2.28. The van der Waals surface area contributed by atoms with Crippen LogP contribution in [0.5, 0.6) is 0 Å². The number of non-ortho nitro benzene ring substituents is 1. The minimum atomic E-state index is -0.769. The first-order chi connectivity index (χ1) is 12.5. The lowest BCUT2D eigenvalue weighted by Gasteiger charge is -1.95. The van der Waals surface area contributed by atoms with Crippen LogP contribution in [0.4, 0.5) is 22.7 Å². The van der Waals surface area contributed by atoms with Crippen molar-refractivity contribution in [2.45, 2.75) is 6.92 Å². The van der Waals surface area contributed by atoms with E-state index in [-0.39, 0.29) is 29.5 Å². The molecule has 0 aliphatic carbocycles. The van der Waals surface area contributed by atoms with Crippen LogP contribution in [0.25, 0.3) is 0 Å². The first-order valence-electron chi connectivity index (χ1n) is 6.93. The molecule has 0 aliphatic rings. The van der Waals surface area contributed by atoms with Crippen LogP contribution >= 0.6 is 23.2 Å². The van der Waals surface area contributed by atoms with E-state index in [1.165, 1.54) is 18.2 Å². The molecule has 0 aromatic heterocycles. The Hall–Kier alpha value is -3.02. The molecule has 0 aliphatic heterocycles. The molecule has 0 bridgehead atoms. The Bertz CT molecular complexity index is 839. The van der Waals surface area contributed by atoms with E-state index < -0.39 is 20.5 Å². The maximum atomic E-state index is 10.3. The lowest BCUT2D eigenvalue weighted by atomic mass is 10.3. The average Bonchev–Trinajstić information content (AvgIpc) is 2.58. The monoisotopic (exact) mass is 422 g/mol. The number of aliphatic hydroxyl groups excluding tert-OH is 1. The molecule has 0 fully saturated rings. The highest BCUT2D eigenvalue weighted by molar-refractivity contribution is 6.33. The van der Waals surface area contributed by atoms with Gasteiger partial charge in [0.2, 0.25) is 0 Å². The third kappa shape index (κ3) is 8.27. The molecule has 0 spiro atoms. The molecule has 0 saturated carbocycles. The molecule has 0 radical (unpaired) electrons. The number of halogens is 2. The van der Waals surface area contributed by atoms with Gasteiger partial charge in [-0.1, -0.05) is 23.2 Å². The lowest BCUT2D eigenvalue weighted by Crippen LogP contribution is -1.92. The van der Waals surface area contributed by atoms with Gasteiger partial charge in [-0.25, -0.2) is 0 Å². The normalized spacial score (nSPS) is 9.19. The highest BCUT2D eigenvalue weighted by atomic mass is 35.5. The van der Waals surface area contributed by atoms with Gasteiger partial charge < -0.3 is 12.3 Å². The first-order valence-corrected chi connectivity index (χ1v) is 7.69. The fourth-order valence-corrected chi connectivity index (χ4v) is 1.80. The Morgan fingerprint density at radius 2 is 1.33 bits per heavy atom. The number of benzene rings is 2. The molecule has 2 rings (SSSR count). The van der Waals surface area contributed by atoms with Crippen LogP contribution in [0.2, 0.25) is 10.0 Å². The van der Waals surface area contributed by atoms with Crippen LogP contribution in [0.3, 0.4) is 0 Å². The molecule has 2 aromatic rings. The number of rotatable bonds is 3.